The predicted octanol–water partition coefficient (Wildman–Crippen LogP) is 2.83. The van der Waals surface area contributed by atoms with Gasteiger partial charge in [-0.05, 0) is 43.2 Å². The lowest BCUT2D eigenvalue weighted by atomic mass is 10.1. The molecule has 0 radical (unpaired) electrons. The Kier molecular flexibility index (Phi) is 7.39. The van der Waals surface area contributed by atoms with Gasteiger partial charge in [0, 0.05) is 13.1 Å². The zero-order valence-corrected chi connectivity index (χ0v) is 17.8. The molecule has 29 heavy (non-hydrogen) atoms. The van der Waals surface area contributed by atoms with Gasteiger partial charge in [0.15, 0.2) is 6.61 Å². The van der Waals surface area contributed by atoms with E-state index in [2.05, 4.69) is 5.32 Å². The van der Waals surface area contributed by atoms with E-state index in [9.17, 15) is 18.0 Å². The fraction of sp³-hybridized carbons (Fsp3) is 0.333. The van der Waals surface area contributed by atoms with Crippen molar-refractivity contribution in [2.24, 2.45) is 5.92 Å². The minimum absolute atomic E-state index is 0.0452. The van der Waals surface area contributed by atoms with Gasteiger partial charge in [0.25, 0.3) is 15.9 Å². The van der Waals surface area contributed by atoms with E-state index in [1.54, 1.807) is 30.3 Å². The number of benzene rings is 2. The molecule has 0 aliphatic carbocycles. The zero-order chi connectivity index (χ0) is 21.6. The third kappa shape index (κ3) is 5.80. The first-order chi connectivity index (χ1) is 13.6. The second-order valence-corrected chi connectivity index (χ2v) is 8.98. The monoisotopic (exact) mass is 418 g/mol. The number of nitrogens with one attached hydrogen (secondary N) is 1. The highest BCUT2D eigenvalue weighted by Gasteiger charge is 2.23. The number of para-hydroxylation sites is 1. The second kappa shape index (κ2) is 9.56. The van der Waals surface area contributed by atoms with Crippen molar-refractivity contribution in [2.75, 3.05) is 18.0 Å². The van der Waals surface area contributed by atoms with Crippen LogP contribution in [0.3, 0.4) is 0 Å². The number of hydrogen-bond donors (Lipinski definition) is 1. The molecule has 0 aliphatic heterocycles. The van der Waals surface area contributed by atoms with Crippen molar-refractivity contribution in [3.8, 4) is 0 Å². The third-order valence-electron chi connectivity index (χ3n) is 4.57. The molecule has 7 nitrogen and oxygen atoms in total. The molecule has 156 valence electrons. The molecule has 1 N–H and O–H groups in total. The van der Waals surface area contributed by atoms with Crippen LogP contribution in [-0.4, -0.2) is 40.0 Å². The van der Waals surface area contributed by atoms with Crippen LogP contribution in [-0.2, 0) is 19.6 Å². The van der Waals surface area contributed by atoms with Crippen LogP contribution in [0.25, 0.3) is 0 Å². The van der Waals surface area contributed by atoms with Gasteiger partial charge in [-0.2, -0.15) is 0 Å². The summed E-state index contributed by atoms with van der Waals surface area (Å²) in [6, 6.07) is 14.1. The van der Waals surface area contributed by atoms with Gasteiger partial charge in [-0.15, -0.1) is 0 Å². The Bertz CT molecular complexity index is 958. The van der Waals surface area contributed by atoms with E-state index >= 15 is 0 Å². The maximum atomic E-state index is 12.9. The van der Waals surface area contributed by atoms with Gasteiger partial charge in [-0.1, -0.05) is 38.1 Å². The first-order valence-electron chi connectivity index (χ1n) is 9.23. The Hall–Kier alpha value is -2.87. The van der Waals surface area contributed by atoms with E-state index in [-0.39, 0.29) is 22.4 Å². The van der Waals surface area contributed by atoms with Crippen LogP contribution >= 0.6 is 0 Å². The minimum atomic E-state index is -3.86. The number of ether oxygens (including phenoxy) is 1. The van der Waals surface area contributed by atoms with Crippen molar-refractivity contribution in [1.29, 1.82) is 0 Å². The summed E-state index contributed by atoms with van der Waals surface area (Å²) in [4.78, 5) is 24.1. The van der Waals surface area contributed by atoms with Crippen LogP contribution in [0.2, 0.25) is 0 Å². The van der Waals surface area contributed by atoms with Gasteiger partial charge < -0.3 is 10.1 Å². The Labute approximate surface area is 171 Å². The fourth-order valence-electron chi connectivity index (χ4n) is 2.40. The largest absolute Gasteiger partial charge is 0.452 e. The van der Waals surface area contributed by atoms with Crippen molar-refractivity contribution in [2.45, 2.75) is 31.7 Å². The lowest BCUT2D eigenvalue weighted by Crippen LogP contribution is -2.38. The fourth-order valence-corrected chi connectivity index (χ4v) is 3.64. The Morgan fingerprint density at radius 1 is 1.03 bits per heavy atom. The number of amides is 1. The van der Waals surface area contributed by atoms with Crippen LogP contribution in [0, 0.1) is 5.92 Å². The molecule has 1 atom stereocenters. The van der Waals surface area contributed by atoms with Gasteiger partial charge in [0.05, 0.1) is 16.1 Å². The first kappa shape index (κ1) is 22.4. The quantitative estimate of drug-likeness (QED) is 0.666. The van der Waals surface area contributed by atoms with Crippen molar-refractivity contribution < 1.29 is 22.7 Å². The van der Waals surface area contributed by atoms with E-state index in [1.165, 1.54) is 31.3 Å². The van der Waals surface area contributed by atoms with E-state index in [1.807, 2.05) is 20.8 Å². The van der Waals surface area contributed by atoms with E-state index in [0.717, 1.165) is 4.31 Å². The number of rotatable bonds is 8. The summed E-state index contributed by atoms with van der Waals surface area (Å²) in [6.07, 6.45) is 0. The average molecular weight is 419 g/mol. The summed E-state index contributed by atoms with van der Waals surface area (Å²) in [5, 5.41) is 2.74. The maximum Gasteiger partial charge on any atom is 0.338 e. The summed E-state index contributed by atoms with van der Waals surface area (Å²) in [6.45, 7) is 5.36. The smallest absolute Gasteiger partial charge is 0.338 e. The number of carbonyl (C=O) groups is 2. The summed E-state index contributed by atoms with van der Waals surface area (Å²) in [7, 11) is -2.42. The lowest BCUT2D eigenvalue weighted by molar-refractivity contribution is -0.125. The molecule has 2 aromatic rings. The topological polar surface area (TPSA) is 92.8 Å². The zero-order valence-electron chi connectivity index (χ0n) is 17.0. The molecule has 0 unspecified atom stereocenters. The minimum Gasteiger partial charge on any atom is -0.452 e. The third-order valence-corrected chi connectivity index (χ3v) is 6.35. The van der Waals surface area contributed by atoms with Crippen LogP contribution in [0.5, 0.6) is 0 Å². The first-order valence-corrected chi connectivity index (χ1v) is 10.7. The molecule has 1 amide bonds. The Morgan fingerprint density at radius 3 is 2.31 bits per heavy atom. The number of hydrogen-bond acceptors (Lipinski definition) is 5. The highest BCUT2D eigenvalue weighted by Crippen LogP contribution is 2.22. The molecular weight excluding hydrogens is 392 g/mol. The van der Waals surface area contributed by atoms with Gasteiger partial charge >= 0.3 is 5.97 Å². The predicted molar refractivity (Wildman–Crippen MR) is 111 cm³/mol. The average Bonchev–Trinajstić information content (AvgIpc) is 2.72. The number of anilines is 1. The molecule has 0 saturated heterocycles. The standard InChI is InChI=1S/C21H26N2O5S/c1-15(2)16(3)22-20(24)14-28-21(25)17-9-8-12-19(13-17)29(26,27)23(4)18-10-6-5-7-11-18/h5-13,15-16H,14H2,1-4H3,(H,22,24)/t16-/m0/s1. The highest BCUT2D eigenvalue weighted by atomic mass is 32.2. The van der Waals surface area contributed by atoms with Gasteiger partial charge in [-0.3, -0.25) is 9.10 Å². The molecule has 0 aromatic heterocycles. The maximum absolute atomic E-state index is 12.9. The van der Waals surface area contributed by atoms with Crippen molar-refractivity contribution in [3.05, 3.63) is 60.2 Å². The molecule has 2 aromatic carbocycles. The van der Waals surface area contributed by atoms with Gasteiger partial charge in [0.1, 0.15) is 0 Å². The Balaban J connectivity index is 2.10. The second-order valence-electron chi connectivity index (χ2n) is 7.01. The van der Waals surface area contributed by atoms with Crippen LogP contribution in [0.1, 0.15) is 31.1 Å². The number of esters is 1. The van der Waals surface area contributed by atoms with E-state index < -0.39 is 28.5 Å². The molecule has 0 fully saturated rings. The molecule has 0 aliphatic rings. The number of nitrogens with zero attached hydrogens (tertiary/aromatic N) is 1. The van der Waals surface area contributed by atoms with E-state index in [0.29, 0.717) is 5.69 Å². The molecule has 8 heteroatoms. The highest BCUT2D eigenvalue weighted by molar-refractivity contribution is 7.92. The van der Waals surface area contributed by atoms with Gasteiger partial charge in [-0.25, -0.2) is 13.2 Å². The molecule has 0 bridgehead atoms. The summed E-state index contributed by atoms with van der Waals surface area (Å²) < 4.78 is 31.9. The molecule has 0 heterocycles. The number of carbonyl (C=O) groups excluding carboxylic acids is 2. The van der Waals surface area contributed by atoms with E-state index in [4.69, 9.17) is 4.74 Å². The summed E-state index contributed by atoms with van der Waals surface area (Å²) >= 11 is 0. The van der Waals surface area contributed by atoms with Crippen LogP contribution in [0.4, 0.5) is 5.69 Å². The Morgan fingerprint density at radius 2 is 1.69 bits per heavy atom. The molecule has 0 saturated carbocycles. The molecule has 0 spiro atoms. The van der Waals surface area contributed by atoms with Crippen molar-refractivity contribution in [1.82, 2.24) is 5.32 Å². The van der Waals surface area contributed by atoms with Crippen LogP contribution in [0.15, 0.2) is 59.5 Å². The van der Waals surface area contributed by atoms with Crippen molar-refractivity contribution in [3.63, 3.8) is 0 Å². The van der Waals surface area contributed by atoms with Gasteiger partial charge in [0.2, 0.25) is 0 Å². The summed E-state index contributed by atoms with van der Waals surface area (Å²) in [5.41, 5.74) is 0.550. The van der Waals surface area contributed by atoms with Crippen molar-refractivity contribution >= 4 is 27.6 Å². The molecule has 2 rings (SSSR count). The molecular formula is C21H26N2O5S. The normalized spacial score (nSPS) is 12.3. The SMILES string of the molecule is CC(C)[C@H](C)NC(=O)COC(=O)c1cccc(S(=O)(=O)N(C)c2ccccc2)c1. The van der Waals surface area contributed by atoms with Crippen LogP contribution < -0.4 is 9.62 Å². The lowest BCUT2D eigenvalue weighted by Gasteiger charge is -2.19. The summed E-state index contributed by atoms with van der Waals surface area (Å²) in [5.74, 6) is -0.929. The number of sulfonamides is 1.